The summed E-state index contributed by atoms with van der Waals surface area (Å²) < 4.78 is 7.34. The summed E-state index contributed by atoms with van der Waals surface area (Å²) >= 11 is 0. The molecule has 0 saturated carbocycles. The van der Waals surface area contributed by atoms with Gasteiger partial charge in [0.25, 0.3) is 0 Å². The Morgan fingerprint density at radius 3 is 2.88 bits per heavy atom. The molecule has 1 aliphatic heterocycles. The lowest BCUT2D eigenvalue weighted by Crippen LogP contribution is -2.50. The van der Waals surface area contributed by atoms with Crippen LogP contribution >= 0.6 is 0 Å². The summed E-state index contributed by atoms with van der Waals surface area (Å²) in [7, 11) is 1.71. The van der Waals surface area contributed by atoms with Gasteiger partial charge < -0.3 is 15.0 Å². The molecule has 0 spiro atoms. The van der Waals surface area contributed by atoms with Gasteiger partial charge in [-0.1, -0.05) is 25.1 Å². The Bertz CT molecular complexity index is 728. The molecule has 2 aromatic rings. The SMILES string of the molecule is CO[C@H]1CN(C(=O)NCc2ccccc2-n2ccc(C)n2)CC[C@H]1C. The molecule has 1 aliphatic rings. The molecule has 134 valence electrons. The monoisotopic (exact) mass is 342 g/mol. The fourth-order valence-electron chi connectivity index (χ4n) is 3.24. The van der Waals surface area contributed by atoms with E-state index in [1.54, 1.807) is 7.11 Å². The Balaban J connectivity index is 1.65. The highest BCUT2D eigenvalue weighted by Gasteiger charge is 2.28. The number of nitrogens with one attached hydrogen (secondary N) is 1. The molecule has 0 bridgehead atoms. The number of hydrogen-bond acceptors (Lipinski definition) is 3. The summed E-state index contributed by atoms with van der Waals surface area (Å²) in [4.78, 5) is 14.4. The number of methoxy groups -OCH3 is 1. The van der Waals surface area contributed by atoms with Crippen LogP contribution in [0.25, 0.3) is 5.69 Å². The number of nitrogens with zero attached hydrogens (tertiary/aromatic N) is 3. The second-order valence-electron chi connectivity index (χ2n) is 6.68. The van der Waals surface area contributed by atoms with Crippen molar-refractivity contribution in [2.24, 2.45) is 5.92 Å². The van der Waals surface area contributed by atoms with E-state index in [2.05, 4.69) is 17.3 Å². The number of benzene rings is 1. The number of ether oxygens (including phenoxy) is 1. The molecule has 1 saturated heterocycles. The molecule has 1 N–H and O–H groups in total. The number of para-hydroxylation sites is 1. The van der Waals surface area contributed by atoms with Gasteiger partial charge in [0.05, 0.1) is 17.5 Å². The number of hydrogen-bond donors (Lipinski definition) is 1. The highest BCUT2D eigenvalue weighted by Crippen LogP contribution is 2.20. The van der Waals surface area contributed by atoms with Gasteiger partial charge in [-0.05, 0) is 37.0 Å². The minimum Gasteiger partial charge on any atom is -0.379 e. The summed E-state index contributed by atoms with van der Waals surface area (Å²) in [6.07, 6.45) is 3.01. The van der Waals surface area contributed by atoms with Crippen molar-refractivity contribution in [2.45, 2.75) is 32.9 Å². The number of carbonyl (C=O) groups excluding carboxylic acids is 1. The lowest BCUT2D eigenvalue weighted by molar-refractivity contribution is 0.00714. The van der Waals surface area contributed by atoms with E-state index in [1.165, 1.54) is 0 Å². The maximum atomic E-state index is 12.5. The van der Waals surface area contributed by atoms with E-state index in [0.717, 1.165) is 29.9 Å². The molecule has 1 aromatic carbocycles. The van der Waals surface area contributed by atoms with Crippen LogP contribution in [0.4, 0.5) is 4.79 Å². The zero-order valence-corrected chi connectivity index (χ0v) is 15.1. The molecule has 6 nitrogen and oxygen atoms in total. The Hall–Kier alpha value is -2.34. The molecule has 6 heteroatoms. The minimum absolute atomic E-state index is 0.0413. The van der Waals surface area contributed by atoms with Crippen LogP contribution in [0.1, 0.15) is 24.6 Å². The molecule has 0 radical (unpaired) electrons. The third-order valence-corrected chi connectivity index (χ3v) is 4.87. The normalized spacial score (nSPS) is 20.5. The molecule has 3 rings (SSSR count). The first-order valence-corrected chi connectivity index (χ1v) is 8.74. The van der Waals surface area contributed by atoms with Crippen molar-refractivity contribution in [1.82, 2.24) is 20.0 Å². The topological polar surface area (TPSA) is 59.4 Å². The number of aromatic nitrogens is 2. The van der Waals surface area contributed by atoms with Gasteiger partial charge in [0.2, 0.25) is 0 Å². The minimum atomic E-state index is -0.0413. The van der Waals surface area contributed by atoms with Crippen LogP contribution in [0.5, 0.6) is 0 Å². The fourth-order valence-corrected chi connectivity index (χ4v) is 3.24. The summed E-state index contributed by atoms with van der Waals surface area (Å²) in [5.41, 5.74) is 2.98. The van der Waals surface area contributed by atoms with Gasteiger partial charge in [0.15, 0.2) is 0 Å². The molecule has 1 aromatic heterocycles. The van der Waals surface area contributed by atoms with Crippen LogP contribution in [0, 0.1) is 12.8 Å². The third-order valence-electron chi connectivity index (χ3n) is 4.87. The number of amides is 2. The molecule has 2 atom stereocenters. The zero-order chi connectivity index (χ0) is 17.8. The summed E-state index contributed by atoms with van der Waals surface area (Å²) in [6.45, 7) is 6.02. The molecular weight excluding hydrogens is 316 g/mol. The van der Waals surface area contributed by atoms with Crippen molar-refractivity contribution in [3.8, 4) is 5.69 Å². The molecule has 1 fully saturated rings. The van der Waals surface area contributed by atoms with Crippen molar-refractivity contribution in [3.63, 3.8) is 0 Å². The molecule has 2 amide bonds. The van der Waals surface area contributed by atoms with E-state index >= 15 is 0 Å². The third kappa shape index (κ3) is 4.02. The Labute approximate surface area is 148 Å². The van der Waals surface area contributed by atoms with Gasteiger partial charge in [0.1, 0.15) is 0 Å². The van der Waals surface area contributed by atoms with Crippen molar-refractivity contribution >= 4 is 6.03 Å². The highest BCUT2D eigenvalue weighted by atomic mass is 16.5. The van der Waals surface area contributed by atoms with Crippen molar-refractivity contribution in [1.29, 1.82) is 0 Å². The van der Waals surface area contributed by atoms with Gasteiger partial charge in [-0.25, -0.2) is 9.48 Å². The van der Waals surface area contributed by atoms with E-state index in [9.17, 15) is 4.79 Å². The fraction of sp³-hybridized carbons (Fsp3) is 0.474. The van der Waals surface area contributed by atoms with Gasteiger partial charge in [-0.15, -0.1) is 0 Å². The van der Waals surface area contributed by atoms with Crippen molar-refractivity contribution in [3.05, 3.63) is 47.8 Å². The predicted octanol–water partition coefficient (Wildman–Crippen LogP) is 2.75. The van der Waals surface area contributed by atoms with E-state index in [4.69, 9.17) is 4.74 Å². The number of likely N-dealkylation sites (tertiary alicyclic amines) is 1. The standard InChI is InChI=1S/C19H26N4O2/c1-14-8-10-22(13-18(14)25-3)19(24)20-12-16-6-4-5-7-17(16)23-11-9-15(2)21-23/h4-7,9,11,14,18H,8,10,12-13H2,1-3H3,(H,20,24)/t14-,18+/m1/s1. The van der Waals surface area contributed by atoms with E-state index < -0.39 is 0 Å². The zero-order valence-electron chi connectivity index (χ0n) is 15.1. The van der Waals surface area contributed by atoms with Crippen LogP contribution in [0.2, 0.25) is 0 Å². The van der Waals surface area contributed by atoms with E-state index in [-0.39, 0.29) is 12.1 Å². The molecule has 2 heterocycles. The Kier molecular flexibility index (Phi) is 5.38. The van der Waals surface area contributed by atoms with Gasteiger partial charge in [-0.2, -0.15) is 5.10 Å². The van der Waals surface area contributed by atoms with Crippen molar-refractivity contribution in [2.75, 3.05) is 20.2 Å². The average Bonchev–Trinajstić information content (AvgIpc) is 3.06. The van der Waals surface area contributed by atoms with E-state index in [0.29, 0.717) is 19.0 Å². The van der Waals surface area contributed by atoms with Gasteiger partial charge in [0, 0.05) is 32.9 Å². The molecule has 0 unspecified atom stereocenters. The number of urea groups is 1. The van der Waals surface area contributed by atoms with Crippen molar-refractivity contribution < 1.29 is 9.53 Å². The summed E-state index contributed by atoms with van der Waals surface area (Å²) in [5, 5.41) is 7.50. The Morgan fingerprint density at radius 1 is 1.36 bits per heavy atom. The lowest BCUT2D eigenvalue weighted by atomic mass is 9.96. The molecular formula is C19H26N4O2. The predicted molar refractivity (Wildman–Crippen MR) is 96.7 cm³/mol. The molecule has 0 aliphatic carbocycles. The quantitative estimate of drug-likeness (QED) is 0.929. The first-order valence-electron chi connectivity index (χ1n) is 8.74. The van der Waals surface area contributed by atoms with Gasteiger partial charge >= 0.3 is 6.03 Å². The van der Waals surface area contributed by atoms with Crippen LogP contribution in [0.15, 0.2) is 36.5 Å². The lowest BCUT2D eigenvalue weighted by Gasteiger charge is -2.36. The largest absolute Gasteiger partial charge is 0.379 e. The van der Waals surface area contributed by atoms with Crippen LogP contribution in [-0.2, 0) is 11.3 Å². The van der Waals surface area contributed by atoms with E-state index in [1.807, 2.05) is 53.0 Å². The average molecular weight is 342 g/mol. The number of aryl methyl sites for hydroxylation is 1. The summed E-state index contributed by atoms with van der Waals surface area (Å²) in [6, 6.07) is 9.91. The van der Waals surface area contributed by atoms with Crippen LogP contribution < -0.4 is 5.32 Å². The smallest absolute Gasteiger partial charge is 0.317 e. The number of carbonyl (C=O) groups is 1. The number of rotatable bonds is 4. The second kappa shape index (κ2) is 7.70. The second-order valence-corrected chi connectivity index (χ2v) is 6.68. The number of piperidine rings is 1. The van der Waals surface area contributed by atoms with Crippen LogP contribution in [0.3, 0.4) is 0 Å². The Morgan fingerprint density at radius 2 is 2.16 bits per heavy atom. The maximum Gasteiger partial charge on any atom is 0.317 e. The first kappa shape index (κ1) is 17.5. The maximum absolute atomic E-state index is 12.5. The van der Waals surface area contributed by atoms with Gasteiger partial charge in [-0.3, -0.25) is 0 Å². The first-order chi connectivity index (χ1) is 12.1. The van der Waals surface area contributed by atoms with Crippen LogP contribution in [-0.4, -0.2) is 47.0 Å². The highest BCUT2D eigenvalue weighted by molar-refractivity contribution is 5.74. The molecule has 25 heavy (non-hydrogen) atoms. The summed E-state index contributed by atoms with van der Waals surface area (Å²) in [5.74, 6) is 0.484.